The highest BCUT2D eigenvalue weighted by atomic mass is 19.1. The van der Waals surface area contributed by atoms with Gasteiger partial charge in [-0.05, 0) is 24.6 Å². The summed E-state index contributed by atoms with van der Waals surface area (Å²) in [5.41, 5.74) is 6.89. The van der Waals surface area contributed by atoms with Crippen LogP contribution in [-0.2, 0) is 0 Å². The third-order valence-electron chi connectivity index (χ3n) is 2.43. The van der Waals surface area contributed by atoms with Crippen LogP contribution in [-0.4, -0.2) is 4.98 Å². The molecule has 4 nitrogen and oxygen atoms in total. The Balaban J connectivity index is 2.41. The summed E-state index contributed by atoms with van der Waals surface area (Å²) in [5, 5.41) is 8.83. The Morgan fingerprint density at radius 3 is 2.89 bits per heavy atom. The second-order valence-electron chi connectivity index (χ2n) is 3.70. The van der Waals surface area contributed by atoms with Crippen LogP contribution in [0.1, 0.15) is 11.1 Å². The Morgan fingerprint density at radius 1 is 1.39 bits per heavy atom. The normalized spacial score (nSPS) is 9.83. The van der Waals surface area contributed by atoms with Crippen LogP contribution in [0.5, 0.6) is 11.6 Å². The van der Waals surface area contributed by atoms with E-state index < -0.39 is 5.82 Å². The molecular formula is C13H10FN3O. The highest BCUT2D eigenvalue weighted by molar-refractivity contribution is 5.60. The minimum absolute atomic E-state index is 0.0998. The van der Waals surface area contributed by atoms with E-state index >= 15 is 0 Å². The fourth-order valence-electron chi connectivity index (χ4n) is 1.42. The lowest BCUT2D eigenvalue weighted by Gasteiger charge is -2.10. The third-order valence-corrected chi connectivity index (χ3v) is 2.43. The van der Waals surface area contributed by atoms with E-state index in [9.17, 15) is 4.39 Å². The Bertz CT molecular complexity index is 635. The number of halogens is 1. The third kappa shape index (κ3) is 2.23. The van der Waals surface area contributed by atoms with Crippen LogP contribution in [0.15, 0.2) is 30.5 Å². The van der Waals surface area contributed by atoms with Crippen molar-refractivity contribution in [3.8, 4) is 17.7 Å². The first-order valence-electron chi connectivity index (χ1n) is 5.20. The van der Waals surface area contributed by atoms with Gasteiger partial charge in [-0.25, -0.2) is 9.37 Å². The second-order valence-corrected chi connectivity index (χ2v) is 3.70. The van der Waals surface area contributed by atoms with Crippen molar-refractivity contribution in [1.82, 2.24) is 4.98 Å². The SMILES string of the molecule is Cc1ccc(F)cc1Oc1nccc(C#N)c1N. The van der Waals surface area contributed by atoms with Crippen LogP contribution < -0.4 is 10.5 Å². The molecule has 0 spiro atoms. The molecule has 2 N–H and O–H groups in total. The van der Waals surface area contributed by atoms with Gasteiger partial charge in [0.15, 0.2) is 0 Å². The number of nitriles is 1. The summed E-state index contributed by atoms with van der Waals surface area (Å²) in [4.78, 5) is 3.93. The van der Waals surface area contributed by atoms with Crippen molar-refractivity contribution in [3.63, 3.8) is 0 Å². The molecule has 0 amide bonds. The topological polar surface area (TPSA) is 71.9 Å². The molecule has 0 atom stereocenters. The van der Waals surface area contributed by atoms with E-state index in [1.807, 2.05) is 6.07 Å². The Hall–Kier alpha value is -2.61. The van der Waals surface area contributed by atoms with E-state index in [0.717, 1.165) is 5.56 Å². The predicted molar refractivity (Wildman–Crippen MR) is 64.6 cm³/mol. The van der Waals surface area contributed by atoms with Gasteiger partial charge >= 0.3 is 0 Å². The van der Waals surface area contributed by atoms with Crippen molar-refractivity contribution >= 4 is 5.69 Å². The summed E-state index contributed by atoms with van der Waals surface area (Å²) in [6.45, 7) is 1.78. The fourth-order valence-corrected chi connectivity index (χ4v) is 1.42. The van der Waals surface area contributed by atoms with E-state index in [2.05, 4.69) is 4.98 Å². The van der Waals surface area contributed by atoms with Crippen molar-refractivity contribution in [2.24, 2.45) is 0 Å². The molecule has 1 heterocycles. The zero-order valence-corrected chi connectivity index (χ0v) is 9.64. The molecule has 2 aromatic rings. The minimum atomic E-state index is -0.411. The van der Waals surface area contributed by atoms with E-state index in [4.69, 9.17) is 15.7 Å². The fraction of sp³-hybridized carbons (Fsp3) is 0.0769. The van der Waals surface area contributed by atoms with Crippen LogP contribution >= 0.6 is 0 Å². The van der Waals surface area contributed by atoms with E-state index in [1.165, 1.54) is 24.4 Å². The van der Waals surface area contributed by atoms with Crippen LogP contribution in [0.4, 0.5) is 10.1 Å². The average molecular weight is 243 g/mol. The lowest BCUT2D eigenvalue weighted by Crippen LogP contribution is -1.98. The van der Waals surface area contributed by atoms with Gasteiger partial charge in [-0.15, -0.1) is 0 Å². The average Bonchev–Trinajstić information content (AvgIpc) is 2.36. The number of nitrogens with zero attached hydrogens (tertiary/aromatic N) is 2. The van der Waals surface area contributed by atoms with Gasteiger partial charge < -0.3 is 10.5 Å². The van der Waals surface area contributed by atoms with Crippen molar-refractivity contribution in [1.29, 1.82) is 5.26 Å². The molecule has 0 fully saturated rings. The number of pyridine rings is 1. The first-order chi connectivity index (χ1) is 8.61. The smallest absolute Gasteiger partial charge is 0.244 e. The molecule has 18 heavy (non-hydrogen) atoms. The maximum atomic E-state index is 13.1. The highest BCUT2D eigenvalue weighted by Gasteiger charge is 2.10. The summed E-state index contributed by atoms with van der Waals surface area (Å²) >= 11 is 0. The monoisotopic (exact) mass is 243 g/mol. The van der Waals surface area contributed by atoms with Crippen molar-refractivity contribution in [2.75, 3.05) is 5.73 Å². The molecule has 0 bridgehead atoms. The standard InChI is InChI=1S/C13H10FN3O/c1-8-2-3-10(14)6-11(8)18-13-12(16)9(7-15)4-5-17-13/h2-6H,16H2,1H3. The van der Waals surface area contributed by atoms with E-state index in [1.54, 1.807) is 13.0 Å². The lowest BCUT2D eigenvalue weighted by atomic mass is 10.2. The van der Waals surface area contributed by atoms with Crippen LogP contribution in [0.2, 0.25) is 0 Å². The Kier molecular flexibility index (Phi) is 3.11. The molecule has 90 valence electrons. The quantitative estimate of drug-likeness (QED) is 0.880. The van der Waals surface area contributed by atoms with Gasteiger partial charge in [-0.1, -0.05) is 6.07 Å². The first kappa shape index (κ1) is 11.9. The zero-order chi connectivity index (χ0) is 13.1. The summed E-state index contributed by atoms with van der Waals surface area (Å²) < 4.78 is 18.5. The summed E-state index contributed by atoms with van der Waals surface area (Å²) in [6.07, 6.45) is 1.42. The number of hydrogen-bond acceptors (Lipinski definition) is 4. The van der Waals surface area contributed by atoms with Gasteiger partial charge in [-0.2, -0.15) is 5.26 Å². The number of anilines is 1. The number of ether oxygens (including phenoxy) is 1. The van der Waals surface area contributed by atoms with Gasteiger partial charge in [0.2, 0.25) is 5.88 Å². The van der Waals surface area contributed by atoms with Crippen molar-refractivity contribution in [2.45, 2.75) is 6.92 Å². The molecule has 1 aromatic carbocycles. The summed E-state index contributed by atoms with van der Waals surface area (Å²) in [7, 11) is 0. The van der Waals surface area contributed by atoms with E-state index in [0.29, 0.717) is 5.75 Å². The number of rotatable bonds is 2. The predicted octanol–water partition coefficient (Wildman–Crippen LogP) is 2.78. The van der Waals surface area contributed by atoms with Gasteiger partial charge in [0.25, 0.3) is 0 Å². The first-order valence-corrected chi connectivity index (χ1v) is 5.20. The number of benzene rings is 1. The summed E-state index contributed by atoms with van der Waals surface area (Å²) in [6, 6.07) is 7.59. The van der Waals surface area contributed by atoms with Crippen LogP contribution in [0, 0.1) is 24.1 Å². The number of hydrogen-bond donors (Lipinski definition) is 1. The number of aryl methyl sites for hydroxylation is 1. The highest BCUT2D eigenvalue weighted by Crippen LogP contribution is 2.29. The molecule has 0 aliphatic rings. The number of aromatic nitrogens is 1. The van der Waals surface area contributed by atoms with Crippen LogP contribution in [0.3, 0.4) is 0 Å². The maximum Gasteiger partial charge on any atom is 0.244 e. The molecule has 5 heteroatoms. The molecule has 0 unspecified atom stereocenters. The molecule has 0 radical (unpaired) electrons. The molecule has 2 rings (SSSR count). The van der Waals surface area contributed by atoms with Crippen LogP contribution in [0.25, 0.3) is 0 Å². The van der Waals surface area contributed by atoms with Gasteiger partial charge in [-0.3, -0.25) is 0 Å². The number of nitrogen functional groups attached to an aromatic ring is 1. The Morgan fingerprint density at radius 2 is 2.17 bits per heavy atom. The Labute approximate surface area is 103 Å². The summed E-state index contributed by atoms with van der Waals surface area (Å²) in [5.74, 6) is 0.0117. The van der Waals surface area contributed by atoms with Crippen molar-refractivity contribution < 1.29 is 9.13 Å². The second kappa shape index (κ2) is 4.72. The number of nitrogens with two attached hydrogens (primary N) is 1. The van der Waals surface area contributed by atoms with Gasteiger partial charge in [0.05, 0.1) is 5.56 Å². The van der Waals surface area contributed by atoms with Gasteiger partial charge in [0.1, 0.15) is 23.3 Å². The van der Waals surface area contributed by atoms with Crippen molar-refractivity contribution in [3.05, 3.63) is 47.4 Å². The largest absolute Gasteiger partial charge is 0.437 e. The minimum Gasteiger partial charge on any atom is -0.437 e. The van der Waals surface area contributed by atoms with E-state index in [-0.39, 0.29) is 17.1 Å². The molecule has 0 aliphatic carbocycles. The maximum absolute atomic E-state index is 13.1. The molecule has 1 aromatic heterocycles. The molecular weight excluding hydrogens is 233 g/mol. The zero-order valence-electron chi connectivity index (χ0n) is 9.64. The molecule has 0 aliphatic heterocycles. The lowest BCUT2D eigenvalue weighted by molar-refractivity contribution is 0.457. The molecule has 0 saturated carbocycles. The molecule has 0 saturated heterocycles. The van der Waals surface area contributed by atoms with Gasteiger partial charge in [0, 0.05) is 12.3 Å².